The molecule has 2 nitrogen and oxygen atoms in total. The van der Waals surface area contributed by atoms with E-state index in [0.29, 0.717) is 5.75 Å². The van der Waals surface area contributed by atoms with Crippen LogP contribution in [0.3, 0.4) is 0 Å². The van der Waals surface area contributed by atoms with Gasteiger partial charge in [-0.15, -0.1) is 0 Å². The molecule has 21 heavy (non-hydrogen) atoms. The van der Waals surface area contributed by atoms with E-state index in [9.17, 15) is 5.11 Å². The Morgan fingerprint density at radius 3 is 2.52 bits per heavy atom. The number of hydrogen-bond donors (Lipinski definition) is 2. The van der Waals surface area contributed by atoms with Gasteiger partial charge in [-0.3, -0.25) is 0 Å². The van der Waals surface area contributed by atoms with Crippen LogP contribution in [-0.4, -0.2) is 5.11 Å². The van der Waals surface area contributed by atoms with Crippen molar-refractivity contribution >= 4 is 15.9 Å². The maximum Gasteiger partial charge on any atom is 0.120 e. The molecule has 0 heterocycles. The van der Waals surface area contributed by atoms with E-state index in [2.05, 4.69) is 66.3 Å². The molecule has 0 aromatic heterocycles. The first-order valence-electron chi connectivity index (χ1n) is 7.33. The molecule has 2 unspecified atom stereocenters. The summed E-state index contributed by atoms with van der Waals surface area (Å²) in [6, 6.07) is 14.3. The average molecular weight is 348 g/mol. The molecule has 0 aliphatic carbocycles. The lowest BCUT2D eigenvalue weighted by Crippen LogP contribution is -2.24. The van der Waals surface area contributed by atoms with Crippen LogP contribution in [0, 0.1) is 6.92 Å². The zero-order valence-electron chi connectivity index (χ0n) is 12.7. The van der Waals surface area contributed by atoms with Crippen molar-refractivity contribution in [3.63, 3.8) is 0 Å². The summed E-state index contributed by atoms with van der Waals surface area (Å²) >= 11 is 3.48. The van der Waals surface area contributed by atoms with Gasteiger partial charge < -0.3 is 10.4 Å². The highest BCUT2D eigenvalue weighted by atomic mass is 79.9. The van der Waals surface area contributed by atoms with Gasteiger partial charge in [0.05, 0.1) is 0 Å². The monoisotopic (exact) mass is 347 g/mol. The molecule has 0 spiro atoms. The number of aromatic hydroxyl groups is 1. The lowest BCUT2D eigenvalue weighted by molar-refractivity contribution is 0.418. The van der Waals surface area contributed by atoms with Gasteiger partial charge in [0.25, 0.3) is 0 Å². The summed E-state index contributed by atoms with van der Waals surface area (Å²) in [5, 5.41) is 13.7. The predicted octanol–water partition coefficient (Wildman–Crippen LogP) is 5.27. The normalized spacial score (nSPS) is 13.9. The molecule has 0 saturated carbocycles. The molecule has 0 saturated heterocycles. The number of aryl methyl sites for hydroxylation is 1. The van der Waals surface area contributed by atoms with Gasteiger partial charge in [0.1, 0.15) is 5.75 Å². The Hall–Kier alpha value is -1.32. The molecule has 0 amide bonds. The maximum absolute atomic E-state index is 10.1. The molecule has 2 rings (SSSR count). The van der Waals surface area contributed by atoms with Gasteiger partial charge in [0.15, 0.2) is 0 Å². The van der Waals surface area contributed by atoms with Crippen molar-refractivity contribution in [1.82, 2.24) is 5.32 Å². The van der Waals surface area contributed by atoms with Crippen LogP contribution in [-0.2, 0) is 0 Å². The van der Waals surface area contributed by atoms with E-state index in [4.69, 9.17) is 0 Å². The smallest absolute Gasteiger partial charge is 0.120 e. The molecule has 2 aromatic carbocycles. The quantitative estimate of drug-likeness (QED) is 0.772. The number of benzene rings is 2. The minimum atomic E-state index is 0.122. The largest absolute Gasteiger partial charge is 0.508 e. The van der Waals surface area contributed by atoms with E-state index in [0.717, 1.165) is 16.5 Å². The van der Waals surface area contributed by atoms with Crippen LogP contribution in [0.2, 0.25) is 0 Å². The second-order valence-corrected chi connectivity index (χ2v) is 6.32. The Balaban J connectivity index is 2.23. The third-order valence-corrected chi connectivity index (χ3v) is 4.37. The fourth-order valence-electron chi connectivity index (χ4n) is 2.70. The lowest BCUT2D eigenvalue weighted by atomic mass is 9.98. The molecule has 0 fully saturated rings. The van der Waals surface area contributed by atoms with Crippen LogP contribution in [0.4, 0.5) is 0 Å². The second-order valence-electron chi connectivity index (χ2n) is 5.41. The van der Waals surface area contributed by atoms with E-state index in [1.807, 2.05) is 12.1 Å². The Morgan fingerprint density at radius 1 is 1.14 bits per heavy atom. The lowest BCUT2D eigenvalue weighted by Gasteiger charge is -2.25. The molecule has 3 heteroatoms. The topological polar surface area (TPSA) is 32.3 Å². The minimum Gasteiger partial charge on any atom is -0.508 e. The van der Waals surface area contributed by atoms with Crippen molar-refractivity contribution in [3.05, 3.63) is 63.6 Å². The number of rotatable bonds is 5. The summed E-state index contributed by atoms with van der Waals surface area (Å²) in [5.41, 5.74) is 3.52. The van der Waals surface area contributed by atoms with Gasteiger partial charge >= 0.3 is 0 Å². The summed E-state index contributed by atoms with van der Waals surface area (Å²) in [6.07, 6.45) is 0.917. The molecule has 2 N–H and O–H groups in total. The summed E-state index contributed by atoms with van der Waals surface area (Å²) in [4.78, 5) is 0. The van der Waals surface area contributed by atoms with E-state index >= 15 is 0 Å². The highest BCUT2D eigenvalue weighted by Crippen LogP contribution is 2.31. The number of phenolic OH excluding ortho intramolecular Hbond substituents is 1. The fourth-order valence-corrected chi connectivity index (χ4v) is 3.08. The van der Waals surface area contributed by atoms with Crippen molar-refractivity contribution in [2.24, 2.45) is 0 Å². The van der Waals surface area contributed by atoms with Crippen molar-refractivity contribution in [3.8, 4) is 5.75 Å². The average Bonchev–Trinajstić information content (AvgIpc) is 2.47. The Bertz CT molecular complexity index is 612. The number of halogens is 1. The van der Waals surface area contributed by atoms with E-state index < -0.39 is 0 Å². The second kappa shape index (κ2) is 7.10. The van der Waals surface area contributed by atoms with E-state index in [1.165, 1.54) is 11.1 Å². The molecular weight excluding hydrogens is 326 g/mol. The zero-order chi connectivity index (χ0) is 15.4. The van der Waals surface area contributed by atoms with Crippen LogP contribution in [0.15, 0.2) is 46.9 Å². The Morgan fingerprint density at radius 2 is 1.86 bits per heavy atom. The molecule has 0 aliphatic rings. The molecule has 2 aromatic rings. The third kappa shape index (κ3) is 3.86. The van der Waals surface area contributed by atoms with E-state index in [-0.39, 0.29) is 12.1 Å². The first-order valence-corrected chi connectivity index (χ1v) is 8.12. The Labute approximate surface area is 135 Å². The molecule has 2 atom stereocenters. The van der Waals surface area contributed by atoms with Crippen LogP contribution >= 0.6 is 15.9 Å². The summed E-state index contributed by atoms with van der Waals surface area (Å²) in [6.45, 7) is 6.42. The van der Waals surface area contributed by atoms with Crippen LogP contribution in [0.25, 0.3) is 0 Å². The number of phenols is 1. The zero-order valence-corrected chi connectivity index (χ0v) is 14.3. The SMILES string of the molecule is CCC(NC(C)c1ccccc1C)c1cc(Br)ccc1O. The number of nitrogens with one attached hydrogen (secondary N) is 1. The van der Waals surface area contributed by atoms with Crippen LogP contribution in [0.5, 0.6) is 5.75 Å². The molecule has 0 aliphatic heterocycles. The summed E-state index contributed by atoms with van der Waals surface area (Å²) in [5.74, 6) is 0.342. The standard InChI is InChI=1S/C18H22BrNO/c1-4-17(16-11-14(19)9-10-18(16)21)20-13(3)15-8-6-5-7-12(15)2/h5-11,13,17,20-21H,4H2,1-3H3. The van der Waals surface area contributed by atoms with Gasteiger partial charge in [0.2, 0.25) is 0 Å². The van der Waals surface area contributed by atoms with Gasteiger partial charge in [-0.2, -0.15) is 0 Å². The molecule has 0 radical (unpaired) electrons. The van der Waals surface area contributed by atoms with Crippen molar-refractivity contribution in [2.75, 3.05) is 0 Å². The van der Waals surface area contributed by atoms with Crippen molar-refractivity contribution < 1.29 is 5.11 Å². The summed E-state index contributed by atoms with van der Waals surface area (Å²) in [7, 11) is 0. The van der Waals surface area contributed by atoms with Gasteiger partial charge in [-0.1, -0.05) is 47.1 Å². The number of hydrogen-bond acceptors (Lipinski definition) is 2. The summed E-state index contributed by atoms with van der Waals surface area (Å²) < 4.78 is 0.985. The van der Waals surface area contributed by atoms with Crippen molar-refractivity contribution in [1.29, 1.82) is 0 Å². The van der Waals surface area contributed by atoms with E-state index in [1.54, 1.807) is 6.07 Å². The minimum absolute atomic E-state index is 0.122. The maximum atomic E-state index is 10.1. The Kier molecular flexibility index (Phi) is 5.43. The third-order valence-electron chi connectivity index (χ3n) is 3.88. The van der Waals surface area contributed by atoms with Gasteiger partial charge in [0, 0.05) is 22.1 Å². The van der Waals surface area contributed by atoms with Crippen LogP contribution in [0.1, 0.15) is 49.0 Å². The first-order chi connectivity index (χ1) is 10.0. The van der Waals surface area contributed by atoms with Crippen molar-refractivity contribution in [2.45, 2.75) is 39.3 Å². The fraction of sp³-hybridized carbons (Fsp3) is 0.333. The highest BCUT2D eigenvalue weighted by Gasteiger charge is 2.17. The van der Waals surface area contributed by atoms with Crippen LogP contribution < -0.4 is 5.32 Å². The predicted molar refractivity (Wildman–Crippen MR) is 91.6 cm³/mol. The molecule has 112 valence electrons. The highest BCUT2D eigenvalue weighted by molar-refractivity contribution is 9.10. The van der Waals surface area contributed by atoms with Gasteiger partial charge in [-0.25, -0.2) is 0 Å². The molecule has 0 bridgehead atoms. The van der Waals surface area contributed by atoms with Gasteiger partial charge in [-0.05, 0) is 49.6 Å². The molecular formula is C18H22BrNO. The first kappa shape index (κ1) is 16.1.